The van der Waals surface area contributed by atoms with Gasteiger partial charge in [0.25, 0.3) is 0 Å². The fourth-order valence-corrected chi connectivity index (χ4v) is 2.18. The minimum absolute atomic E-state index is 0.293. The van der Waals surface area contributed by atoms with Gasteiger partial charge in [-0.15, -0.1) is 0 Å². The van der Waals surface area contributed by atoms with E-state index in [1.807, 2.05) is 6.07 Å². The first-order valence-corrected chi connectivity index (χ1v) is 7.46. The van der Waals surface area contributed by atoms with E-state index in [0.29, 0.717) is 29.7 Å². The van der Waals surface area contributed by atoms with E-state index in [2.05, 4.69) is 20.6 Å². The van der Waals surface area contributed by atoms with Gasteiger partial charge in [0, 0.05) is 17.4 Å². The zero-order valence-electron chi connectivity index (χ0n) is 13.3. The number of rotatable bonds is 5. The van der Waals surface area contributed by atoms with Gasteiger partial charge >= 0.3 is 6.18 Å². The summed E-state index contributed by atoms with van der Waals surface area (Å²) < 4.78 is 43.0. The maximum Gasteiger partial charge on any atom is 0.416 e. The van der Waals surface area contributed by atoms with Gasteiger partial charge in [-0.05, 0) is 43.3 Å². The molecule has 0 aliphatic rings. The summed E-state index contributed by atoms with van der Waals surface area (Å²) in [6.45, 7) is 2.26. The number of hydrogen-bond acceptors (Lipinski definition) is 5. The number of aromatic nitrogens is 2. The number of aryl methyl sites for hydroxylation is 1. The molecule has 2 N–H and O–H groups in total. The molecule has 8 heteroatoms. The highest BCUT2D eigenvalue weighted by molar-refractivity contribution is 5.55. The fourth-order valence-electron chi connectivity index (χ4n) is 2.18. The van der Waals surface area contributed by atoms with Gasteiger partial charge in [-0.1, -0.05) is 0 Å². The molecule has 0 saturated heterocycles. The highest BCUT2D eigenvalue weighted by Crippen LogP contribution is 2.30. The van der Waals surface area contributed by atoms with Crippen LogP contribution in [0.1, 0.15) is 17.0 Å². The Morgan fingerprint density at radius 3 is 2.48 bits per heavy atom. The average Bonchev–Trinajstić information content (AvgIpc) is 3.05. The third kappa shape index (κ3) is 4.50. The predicted octanol–water partition coefficient (Wildman–Crippen LogP) is 4.75. The molecular formula is C17H15F3N4O. The van der Waals surface area contributed by atoms with E-state index in [4.69, 9.17) is 4.42 Å². The van der Waals surface area contributed by atoms with Crippen molar-refractivity contribution in [1.29, 1.82) is 0 Å². The lowest BCUT2D eigenvalue weighted by Crippen LogP contribution is -2.06. The van der Waals surface area contributed by atoms with Crippen LogP contribution >= 0.6 is 0 Å². The summed E-state index contributed by atoms with van der Waals surface area (Å²) >= 11 is 0. The fraction of sp³-hybridized carbons (Fsp3) is 0.176. The molecule has 0 spiro atoms. The molecule has 1 aromatic carbocycles. The summed E-state index contributed by atoms with van der Waals surface area (Å²) in [5, 5.41) is 6.01. The molecule has 0 bridgehead atoms. The lowest BCUT2D eigenvalue weighted by atomic mass is 10.2. The van der Waals surface area contributed by atoms with E-state index < -0.39 is 11.7 Å². The number of halogens is 3. The molecule has 25 heavy (non-hydrogen) atoms. The molecule has 5 nitrogen and oxygen atoms in total. The lowest BCUT2D eigenvalue weighted by Gasteiger charge is -2.10. The second-order valence-electron chi connectivity index (χ2n) is 5.35. The van der Waals surface area contributed by atoms with Crippen LogP contribution < -0.4 is 10.6 Å². The number of benzene rings is 1. The second-order valence-corrected chi connectivity index (χ2v) is 5.35. The normalized spacial score (nSPS) is 11.4. The zero-order chi connectivity index (χ0) is 17.9. The highest BCUT2D eigenvalue weighted by atomic mass is 19.4. The first-order valence-electron chi connectivity index (χ1n) is 7.46. The molecule has 0 amide bonds. The van der Waals surface area contributed by atoms with Crippen LogP contribution in [-0.2, 0) is 12.7 Å². The quantitative estimate of drug-likeness (QED) is 0.696. The van der Waals surface area contributed by atoms with Gasteiger partial charge in [0.15, 0.2) is 0 Å². The molecule has 0 unspecified atom stereocenters. The van der Waals surface area contributed by atoms with Gasteiger partial charge in [-0.25, -0.2) is 4.98 Å². The minimum Gasteiger partial charge on any atom is -0.467 e. The van der Waals surface area contributed by atoms with Crippen molar-refractivity contribution in [3.63, 3.8) is 0 Å². The van der Waals surface area contributed by atoms with Crippen molar-refractivity contribution in [2.24, 2.45) is 0 Å². The number of nitrogens with one attached hydrogen (secondary N) is 2. The molecule has 2 heterocycles. The Labute approximate surface area is 141 Å². The van der Waals surface area contributed by atoms with Crippen molar-refractivity contribution in [3.05, 3.63) is 65.7 Å². The van der Waals surface area contributed by atoms with Crippen molar-refractivity contribution >= 4 is 17.5 Å². The van der Waals surface area contributed by atoms with E-state index in [1.165, 1.54) is 12.1 Å². The minimum atomic E-state index is -4.36. The average molecular weight is 348 g/mol. The van der Waals surface area contributed by atoms with Crippen LogP contribution in [0.3, 0.4) is 0 Å². The third-order valence-corrected chi connectivity index (χ3v) is 3.35. The van der Waals surface area contributed by atoms with Gasteiger partial charge in [-0.2, -0.15) is 18.2 Å². The number of nitrogens with zero attached hydrogens (tertiary/aromatic N) is 2. The van der Waals surface area contributed by atoms with Crippen LogP contribution in [0.25, 0.3) is 0 Å². The monoisotopic (exact) mass is 348 g/mol. The van der Waals surface area contributed by atoms with Crippen LogP contribution in [0, 0.1) is 6.92 Å². The number of hydrogen-bond donors (Lipinski definition) is 2. The van der Waals surface area contributed by atoms with Crippen LogP contribution in [0.2, 0.25) is 0 Å². The third-order valence-electron chi connectivity index (χ3n) is 3.35. The molecular weight excluding hydrogens is 333 g/mol. The van der Waals surface area contributed by atoms with Gasteiger partial charge in [0.1, 0.15) is 11.6 Å². The maximum atomic E-state index is 12.6. The van der Waals surface area contributed by atoms with Crippen molar-refractivity contribution in [3.8, 4) is 0 Å². The Morgan fingerprint density at radius 1 is 1.08 bits per heavy atom. The Balaban J connectivity index is 1.71. The molecule has 0 aliphatic carbocycles. The molecule has 2 aromatic heterocycles. The van der Waals surface area contributed by atoms with Crippen LogP contribution in [0.4, 0.5) is 30.6 Å². The van der Waals surface area contributed by atoms with E-state index in [-0.39, 0.29) is 0 Å². The standard InChI is InChI=1S/C17H15F3N4O/c1-11-9-15(21-10-14-3-2-8-25-14)24-16(22-11)23-13-6-4-12(5-7-13)17(18,19)20/h2-9H,10H2,1H3,(H2,21,22,23,24). The van der Waals surface area contributed by atoms with E-state index in [1.54, 1.807) is 25.3 Å². The van der Waals surface area contributed by atoms with Gasteiger partial charge in [0.05, 0.1) is 18.4 Å². The molecule has 0 saturated carbocycles. The molecule has 0 radical (unpaired) electrons. The first-order chi connectivity index (χ1) is 11.9. The largest absolute Gasteiger partial charge is 0.467 e. The molecule has 3 rings (SSSR count). The van der Waals surface area contributed by atoms with E-state index in [9.17, 15) is 13.2 Å². The number of furan rings is 1. The molecule has 0 aliphatic heterocycles. The summed E-state index contributed by atoms with van der Waals surface area (Å²) in [4.78, 5) is 8.54. The first kappa shape index (κ1) is 16.8. The van der Waals surface area contributed by atoms with Crippen LogP contribution in [0.15, 0.2) is 53.1 Å². The Bertz CT molecular complexity index is 830. The molecule has 0 atom stereocenters. The van der Waals surface area contributed by atoms with Gasteiger partial charge in [0.2, 0.25) is 5.95 Å². The molecule has 130 valence electrons. The van der Waals surface area contributed by atoms with Gasteiger partial charge in [-0.3, -0.25) is 0 Å². The number of alkyl halides is 3. The van der Waals surface area contributed by atoms with Crippen molar-refractivity contribution in [2.75, 3.05) is 10.6 Å². The predicted molar refractivity (Wildman–Crippen MR) is 87.5 cm³/mol. The van der Waals surface area contributed by atoms with Crippen LogP contribution in [0.5, 0.6) is 0 Å². The van der Waals surface area contributed by atoms with Gasteiger partial charge < -0.3 is 15.1 Å². The molecule has 0 fully saturated rings. The van der Waals surface area contributed by atoms with Crippen molar-refractivity contribution < 1.29 is 17.6 Å². The van der Waals surface area contributed by atoms with Crippen molar-refractivity contribution in [1.82, 2.24) is 9.97 Å². The summed E-state index contributed by atoms with van der Waals surface area (Å²) in [7, 11) is 0. The lowest BCUT2D eigenvalue weighted by molar-refractivity contribution is -0.137. The summed E-state index contributed by atoms with van der Waals surface area (Å²) in [6, 6.07) is 10.1. The Hall–Kier alpha value is -3.03. The van der Waals surface area contributed by atoms with E-state index >= 15 is 0 Å². The second kappa shape index (κ2) is 6.84. The topological polar surface area (TPSA) is 63.0 Å². The summed E-state index contributed by atoms with van der Waals surface area (Å²) in [6.07, 6.45) is -2.78. The Morgan fingerprint density at radius 2 is 1.84 bits per heavy atom. The zero-order valence-corrected chi connectivity index (χ0v) is 13.3. The van der Waals surface area contributed by atoms with Crippen LogP contribution in [-0.4, -0.2) is 9.97 Å². The Kier molecular flexibility index (Phi) is 4.60. The smallest absolute Gasteiger partial charge is 0.416 e. The summed E-state index contributed by atoms with van der Waals surface area (Å²) in [5.41, 5.74) is 0.478. The van der Waals surface area contributed by atoms with E-state index in [0.717, 1.165) is 17.9 Å². The van der Waals surface area contributed by atoms with Crippen molar-refractivity contribution in [2.45, 2.75) is 19.6 Å². The summed E-state index contributed by atoms with van der Waals surface area (Å²) in [5.74, 6) is 1.63. The molecule has 3 aromatic rings. The number of anilines is 3. The maximum absolute atomic E-state index is 12.6. The SMILES string of the molecule is Cc1cc(NCc2ccco2)nc(Nc2ccc(C(F)(F)F)cc2)n1. The highest BCUT2D eigenvalue weighted by Gasteiger charge is 2.29.